The molecule has 0 unspecified atom stereocenters. The van der Waals surface area contributed by atoms with Crippen molar-refractivity contribution in [1.29, 1.82) is 0 Å². The molecule has 0 bridgehead atoms. The number of nitrogens with zero attached hydrogens (tertiary/aromatic N) is 5. The molecule has 1 fully saturated rings. The van der Waals surface area contributed by atoms with Crippen LogP contribution in [0.25, 0.3) is 0 Å². The number of fused-ring (bicyclic) bond motifs is 3. The molecule has 0 N–H and O–H groups in total. The third-order valence-electron chi connectivity index (χ3n) is 5.25. The number of carbonyl (C=O) groups excluding carboxylic acids is 1. The quantitative estimate of drug-likeness (QED) is 0.862. The van der Waals surface area contributed by atoms with Gasteiger partial charge in [-0.05, 0) is 25.0 Å². The Labute approximate surface area is 148 Å². The fourth-order valence-corrected chi connectivity index (χ4v) is 4.05. The summed E-state index contributed by atoms with van der Waals surface area (Å²) in [7, 11) is 0. The Balaban J connectivity index is 1.58. The van der Waals surface area contributed by atoms with Gasteiger partial charge in [0.25, 0.3) is 0 Å². The maximum atomic E-state index is 13.0. The zero-order valence-electron chi connectivity index (χ0n) is 14.9. The van der Waals surface area contributed by atoms with Gasteiger partial charge >= 0.3 is 0 Å². The smallest absolute Gasteiger partial charge is 0.242 e. The molecule has 2 aromatic heterocycles. The molecule has 1 amide bonds. The molecule has 2 aromatic rings. The maximum Gasteiger partial charge on any atom is 0.242 e. The van der Waals surface area contributed by atoms with E-state index >= 15 is 0 Å². The van der Waals surface area contributed by atoms with E-state index in [2.05, 4.69) is 34.8 Å². The molecule has 6 nitrogen and oxygen atoms in total. The van der Waals surface area contributed by atoms with Gasteiger partial charge in [-0.1, -0.05) is 13.8 Å². The van der Waals surface area contributed by atoms with Crippen molar-refractivity contribution in [3.05, 3.63) is 42.2 Å². The van der Waals surface area contributed by atoms with Crippen molar-refractivity contribution < 1.29 is 4.79 Å². The molecule has 132 valence electrons. The first-order chi connectivity index (χ1) is 12.1. The van der Waals surface area contributed by atoms with Crippen molar-refractivity contribution in [2.24, 2.45) is 0 Å². The van der Waals surface area contributed by atoms with Crippen LogP contribution >= 0.6 is 0 Å². The molecule has 0 aromatic carbocycles. The molecule has 1 atom stereocenters. The average Bonchev–Trinajstić information content (AvgIpc) is 3.21. The molecule has 0 aliphatic carbocycles. The molecule has 25 heavy (non-hydrogen) atoms. The second-order valence-electron chi connectivity index (χ2n) is 7.30. The number of hydrogen-bond donors (Lipinski definition) is 0. The van der Waals surface area contributed by atoms with Crippen LogP contribution in [-0.4, -0.2) is 44.5 Å². The van der Waals surface area contributed by atoms with Gasteiger partial charge in [0.15, 0.2) is 0 Å². The largest absolute Gasteiger partial charge is 0.365 e. The molecule has 1 saturated heterocycles. The summed E-state index contributed by atoms with van der Waals surface area (Å²) >= 11 is 0. The monoisotopic (exact) mass is 339 g/mol. The zero-order chi connectivity index (χ0) is 17.4. The maximum absolute atomic E-state index is 13.0. The fraction of sp³-hybridized carbons (Fsp3) is 0.526. The highest BCUT2D eigenvalue weighted by Crippen LogP contribution is 2.32. The molecule has 4 rings (SSSR count). The van der Waals surface area contributed by atoms with E-state index < -0.39 is 0 Å². The lowest BCUT2D eigenvalue weighted by Gasteiger charge is -2.27. The zero-order valence-corrected chi connectivity index (χ0v) is 14.9. The van der Waals surface area contributed by atoms with Gasteiger partial charge in [0.05, 0.1) is 17.9 Å². The summed E-state index contributed by atoms with van der Waals surface area (Å²) in [6, 6.07) is 4.54. The van der Waals surface area contributed by atoms with E-state index in [4.69, 9.17) is 0 Å². The lowest BCUT2D eigenvalue weighted by molar-refractivity contribution is -0.132. The normalized spacial score (nSPS) is 19.7. The summed E-state index contributed by atoms with van der Waals surface area (Å²) in [4.78, 5) is 26.4. The number of anilines is 1. The predicted octanol–water partition coefficient (Wildman–Crippen LogP) is 2.41. The van der Waals surface area contributed by atoms with E-state index in [1.54, 1.807) is 6.20 Å². The number of amides is 1. The molecule has 0 saturated carbocycles. The molecule has 2 aliphatic rings. The lowest BCUT2D eigenvalue weighted by Crippen LogP contribution is -2.41. The van der Waals surface area contributed by atoms with Crippen LogP contribution in [0.4, 0.5) is 5.69 Å². The molecule has 4 heterocycles. The number of pyridine rings is 1. The first-order valence-corrected chi connectivity index (χ1v) is 9.13. The highest BCUT2D eigenvalue weighted by Gasteiger charge is 2.33. The molecular formula is C19H25N5O. The molecule has 0 radical (unpaired) electrons. The first kappa shape index (κ1) is 16.1. The third kappa shape index (κ3) is 3.01. The summed E-state index contributed by atoms with van der Waals surface area (Å²) < 4.78 is 1.98. The summed E-state index contributed by atoms with van der Waals surface area (Å²) in [5.74, 6) is 1.41. The summed E-state index contributed by atoms with van der Waals surface area (Å²) in [5, 5.41) is 0. The minimum Gasteiger partial charge on any atom is -0.365 e. The van der Waals surface area contributed by atoms with Gasteiger partial charge in [-0.3, -0.25) is 9.78 Å². The van der Waals surface area contributed by atoms with Gasteiger partial charge < -0.3 is 14.4 Å². The van der Waals surface area contributed by atoms with Gasteiger partial charge in [-0.2, -0.15) is 0 Å². The van der Waals surface area contributed by atoms with Crippen LogP contribution < -0.4 is 4.90 Å². The molecular weight excluding hydrogens is 314 g/mol. The van der Waals surface area contributed by atoms with Crippen LogP contribution in [-0.2, 0) is 17.9 Å². The van der Waals surface area contributed by atoms with Crippen molar-refractivity contribution in [2.75, 3.05) is 18.0 Å². The Morgan fingerprint density at radius 3 is 3.04 bits per heavy atom. The highest BCUT2D eigenvalue weighted by atomic mass is 16.2. The van der Waals surface area contributed by atoms with Gasteiger partial charge in [0.1, 0.15) is 12.4 Å². The molecule has 0 spiro atoms. The van der Waals surface area contributed by atoms with Gasteiger partial charge in [0.2, 0.25) is 5.91 Å². The van der Waals surface area contributed by atoms with Crippen molar-refractivity contribution in [3.63, 3.8) is 0 Å². The van der Waals surface area contributed by atoms with Crippen LogP contribution in [0.1, 0.15) is 44.1 Å². The predicted molar refractivity (Wildman–Crippen MR) is 96.3 cm³/mol. The summed E-state index contributed by atoms with van der Waals surface area (Å²) in [6.45, 7) is 6.99. The minimum absolute atomic E-state index is 0.144. The Hall–Kier alpha value is -2.37. The van der Waals surface area contributed by atoms with Crippen LogP contribution in [0.2, 0.25) is 0 Å². The number of aromatic nitrogens is 3. The van der Waals surface area contributed by atoms with E-state index in [0.29, 0.717) is 25.0 Å². The Morgan fingerprint density at radius 2 is 2.20 bits per heavy atom. The molecule has 6 heteroatoms. The van der Waals surface area contributed by atoms with Crippen LogP contribution in [0.3, 0.4) is 0 Å². The van der Waals surface area contributed by atoms with Crippen LogP contribution in [0, 0.1) is 0 Å². The summed E-state index contributed by atoms with van der Waals surface area (Å²) in [6.07, 6.45) is 7.82. The standard InChI is InChI=1S/C19H25N5O/c1-14(2)19-21-8-10-22(19)13-18(25)23-11-15-5-4-9-24(15)17-6-3-7-20-16(17)12-23/h3,6-8,10,14-15H,4-5,9,11-13H2,1-2H3/t15-/m0/s1. The van der Waals surface area contributed by atoms with E-state index in [-0.39, 0.29) is 5.91 Å². The van der Waals surface area contributed by atoms with Crippen molar-refractivity contribution in [3.8, 4) is 0 Å². The van der Waals surface area contributed by atoms with Crippen molar-refractivity contribution >= 4 is 11.6 Å². The minimum atomic E-state index is 0.144. The average molecular weight is 339 g/mol. The SMILES string of the molecule is CC(C)c1nccn1CC(=O)N1Cc2ncccc2N2CCC[C@H]2C1. The third-order valence-corrected chi connectivity index (χ3v) is 5.25. The van der Waals surface area contributed by atoms with Crippen LogP contribution in [0.15, 0.2) is 30.7 Å². The van der Waals surface area contributed by atoms with Gasteiger partial charge in [0, 0.05) is 43.6 Å². The Morgan fingerprint density at radius 1 is 1.32 bits per heavy atom. The second-order valence-corrected chi connectivity index (χ2v) is 7.30. The van der Waals surface area contributed by atoms with Crippen LogP contribution in [0.5, 0.6) is 0 Å². The lowest BCUT2D eigenvalue weighted by atomic mass is 10.2. The summed E-state index contributed by atoms with van der Waals surface area (Å²) in [5.41, 5.74) is 2.21. The topological polar surface area (TPSA) is 54.3 Å². The van der Waals surface area contributed by atoms with Crippen molar-refractivity contribution in [2.45, 2.75) is 51.7 Å². The Kier molecular flexibility index (Phi) is 4.19. The van der Waals surface area contributed by atoms with Crippen molar-refractivity contribution in [1.82, 2.24) is 19.4 Å². The Bertz CT molecular complexity index is 769. The highest BCUT2D eigenvalue weighted by molar-refractivity contribution is 5.77. The van der Waals surface area contributed by atoms with Gasteiger partial charge in [-0.25, -0.2) is 4.98 Å². The fourth-order valence-electron chi connectivity index (χ4n) is 4.05. The second kappa shape index (κ2) is 6.50. The number of rotatable bonds is 3. The van der Waals surface area contributed by atoms with E-state index in [9.17, 15) is 4.79 Å². The number of carbonyl (C=O) groups is 1. The van der Waals surface area contributed by atoms with E-state index in [0.717, 1.165) is 31.0 Å². The van der Waals surface area contributed by atoms with E-state index in [1.165, 1.54) is 12.1 Å². The van der Waals surface area contributed by atoms with Gasteiger partial charge in [-0.15, -0.1) is 0 Å². The first-order valence-electron chi connectivity index (χ1n) is 9.13. The number of hydrogen-bond acceptors (Lipinski definition) is 4. The van der Waals surface area contributed by atoms with E-state index in [1.807, 2.05) is 27.9 Å². The molecule has 2 aliphatic heterocycles. The number of imidazole rings is 1.